The molecule has 0 aliphatic heterocycles. The van der Waals surface area contributed by atoms with Gasteiger partial charge in [-0.1, -0.05) is 49.6 Å². The standard InChI is InChI=1S/C12H18N.Y/c13-11-7-2-1-4-8-12-9-5-3-6-10-12;/h3,5-6,9-10,13H,1-2,4,7-8,11H2;/q-1;. The second-order valence-electron chi connectivity index (χ2n) is 3.40. The summed E-state index contributed by atoms with van der Waals surface area (Å²) in [4.78, 5) is 0. The van der Waals surface area contributed by atoms with Crippen molar-refractivity contribution in [3.63, 3.8) is 0 Å². The average molecular weight is 265 g/mol. The van der Waals surface area contributed by atoms with Crippen LogP contribution >= 0.6 is 0 Å². The van der Waals surface area contributed by atoms with E-state index < -0.39 is 0 Å². The van der Waals surface area contributed by atoms with Crippen LogP contribution in [0.15, 0.2) is 30.3 Å². The minimum absolute atomic E-state index is 0. The first kappa shape index (κ1) is 14.3. The number of benzene rings is 1. The third-order valence-electron chi connectivity index (χ3n) is 2.24. The molecule has 0 unspecified atom stereocenters. The molecule has 0 aromatic heterocycles. The SMILES string of the molecule is [NH-]CCCCCCc1ccccc1.[Y]. The van der Waals surface area contributed by atoms with Crippen molar-refractivity contribution < 1.29 is 32.7 Å². The van der Waals surface area contributed by atoms with E-state index in [0.29, 0.717) is 6.54 Å². The molecule has 0 aliphatic carbocycles. The summed E-state index contributed by atoms with van der Waals surface area (Å²) in [5.74, 6) is 0. The molecular weight excluding hydrogens is 247 g/mol. The summed E-state index contributed by atoms with van der Waals surface area (Å²) in [6.45, 7) is 0.589. The summed E-state index contributed by atoms with van der Waals surface area (Å²) in [6.07, 6.45) is 6.02. The molecule has 0 amide bonds. The van der Waals surface area contributed by atoms with Crippen molar-refractivity contribution in [2.75, 3.05) is 6.54 Å². The minimum Gasteiger partial charge on any atom is -0.677 e. The van der Waals surface area contributed by atoms with Gasteiger partial charge in [0.05, 0.1) is 0 Å². The third kappa shape index (κ3) is 6.70. The van der Waals surface area contributed by atoms with E-state index in [-0.39, 0.29) is 32.7 Å². The van der Waals surface area contributed by atoms with Crippen molar-refractivity contribution >= 4 is 0 Å². The largest absolute Gasteiger partial charge is 0.677 e. The van der Waals surface area contributed by atoms with Gasteiger partial charge in [-0.15, -0.1) is 0 Å². The van der Waals surface area contributed by atoms with Crippen LogP contribution in [0.1, 0.15) is 31.2 Å². The number of aryl methyl sites for hydroxylation is 1. The van der Waals surface area contributed by atoms with E-state index in [2.05, 4.69) is 30.3 Å². The molecular formula is C12H18NY-. The third-order valence-corrected chi connectivity index (χ3v) is 2.24. The van der Waals surface area contributed by atoms with Crippen LogP contribution in [0, 0.1) is 0 Å². The number of hydrogen-bond donors (Lipinski definition) is 0. The molecule has 75 valence electrons. The van der Waals surface area contributed by atoms with Crippen LogP contribution in [0.3, 0.4) is 0 Å². The van der Waals surface area contributed by atoms with Gasteiger partial charge in [-0.25, -0.2) is 0 Å². The van der Waals surface area contributed by atoms with Crippen LogP contribution in [0.5, 0.6) is 0 Å². The van der Waals surface area contributed by atoms with Gasteiger partial charge in [0.15, 0.2) is 0 Å². The Bertz CT molecular complexity index is 211. The predicted molar refractivity (Wildman–Crippen MR) is 57.8 cm³/mol. The molecule has 1 rings (SSSR count). The normalized spacial score (nSPS) is 9.50. The molecule has 0 fully saturated rings. The van der Waals surface area contributed by atoms with Crippen LogP contribution in [-0.2, 0) is 39.1 Å². The van der Waals surface area contributed by atoms with Crippen LogP contribution < -0.4 is 0 Å². The Hall–Kier alpha value is 0.284. The molecule has 0 spiro atoms. The van der Waals surface area contributed by atoms with E-state index in [1.54, 1.807) is 0 Å². The fraction of sp³-hybridized carbons (Fsp3) is 0.500. The van der Waals surface area contributed by atoms with Crippen molar-refractivity contribution in [1.82, 2.24) is 0 Å². The van der Waals surface area contributed by atoms with E-state index in [4.69, 9.17) is 5.73 Å². The second-order valence-corrected chi connectivity index (χ2v) is 3.40. The predicted octanol–water partition coefficient (Wildman–Crippen LogP) is 3.84. The van der Waals surface area contributed by atoms with Gasteiger partial charge in [0.2, 0.25) is 0 Å². The first-order chi connectivity index (χ1) is 6.43. The maximum Gasteiger partial charge on any atom is 0 e. The van der Waals surface area contributed by atoms with E-state index in [1.165, 1.54) is 31.2 Å². The molecule has 0 bridgehead atoms. The molecule has 0 atom stereocenters. The first-order valence-electron chi connectivity index (χ1n) is 5.12. The quantitative estimate of drug-likeness (QED) is 0.698. The summed E-state index contributed by atoms with van der Waals surface area (Å²) >= 11 is 0. The second kappa shape index (κ2) is 9.82. The molecule has 0 heterocycles. The van der Waals surface area contributed by atoms with Crippen LogP contribution in [0.2, 0.25) is 0 Å². The van der Waals surface area contributed by atoms with Gasteiger partial charge in [-0.05, 0) is 18.4 Å². The number of rotatable bonds is 6. The van der Waals surface area contributed by atoms with E-state index in [0.717, 1.165) is 6.42 Å². The van der Waals surface area contributed by atoms with Crippen molar-refractivity contribution in [2.45, 2.75) is 32.1 Å². The van der Waals surface area contributed by atoms with Crippen LogP contribution in [0.25, 0.3) is 5.73 Å². The molecule has 14 heavy (non-hydrogen) atoms. The van der Waals surface area contributed by atoms with Gasteiger partial charge < -0.3 is 5.73 Å². The summed E-state index contributed by atoms with van der Waals surface area (Å²) < 4.78 is 0. The Labute approximate surface area is 112 Å². The monoisotopic (exact) mass is 265 g/mol. The van der Waals surface area contributed by atoms with Crippen LogP contribution in [0.4, 0.5) is 0 Å². The van der Waals surface area contributed by atoms with E-state index in [1.807, 2.05) is 0 Å². The van der Waals surface area contributed by atoms with E-state index in [9.17, 15) is 0 Å². The molecule has 0 saturated heterocycles. The maximum atomic E-state index is 7.00. The Balaban J connectivity index is 0.00000169. The molecule has 1 N–H and O–H groups in total. The molecule has 2 heteroatoms. The van der Waals surface area contributed by atoms with Gasteiger partial charge in [0.1, 0.15) is 0 Å². The topological polar surface area (TPSA) is 23.8 Å². The van der Waals surface area contributed by atoms with Gasteiger partial charge >= 0.3 is 0 Å². The molecule has 0 saturated carbocycles. The molecule has 0 aliphatic rings. The Morgan fingerprint density at radius 1 is 0.857 bits per heavy atom. The average Bonchev–Trinajstić information content (AvgIpc) is 2.19. The van der Waals surface area contributed by atoms with Gasteiger partial charge in [-0.2, -0.15) is 6.54 Å². The van der Waals surface area contributed by atoms with Crippen LogP contribution in [-0.4, -0.2) is 6.54 Å². The minimum atomic E-state index is 0. The summed E-state index contributed by atoms with van der Waals surface area (Å²) in [7, 11) is 0. The number of nitrogens with one attached hydrogen (secondary N) is 1. The Morgan fingerprint density at radius 2 is 1.50 bits per heavy atom. The summed E-state index contributed by atoms with van der Waals surface area (Å²) in [6, 6.07) is 10.6. The molecule has 1 aromatic rings. The van der Waals surface area contributed by atoms with Crippen molar-refractivity contribution in [2.24, 2.45) is 0 Å². The smallest absolute Gasteiger partial charge is 0 e. The fourth-order valence-corrected chi connectivity index (χ4v) is 1.45. The van der Waals surface area contributed by atoms with Crippen molar-refractivity contribution in [3.05, 3.63) is 41.6 Å². The van der Waals surface area contributed by atoms with Gasteiger partial charge in [0.25, 0.3) is 0 Å². The molecule has 1 aromatic carbocycles. The molecule has 1 nitrogen and oxygen atoms in total. The number of unbranched alkanes of at least 4 members (excludes halogenated alkanes) is 3. The van der Waals surface area contributed by atoms with Crippen molar-refractivity contribution in [1.29, 1.82) is 0 Å². The zero-order valence-corrected chi connectivity index (χ0v) is 11.5. The Morgan fingerprint density at radius 3 is 2.14 bits per heavy atom. The zero-order valence-electron chi connectivity index (χ0n) is 8.71. The summed E-state index contributed by atoms with van der Waals surface area (Å²) in [5.41, 5.74) is 8.44. The zero-order chi connectivity index (χ0) is 9.36. The number of hydrogen-bond acceptors (Lipinski definition) is 0. The van der Waals surface area contributed by atoms with E-state index >= 15 is 0 Å². The summed E-state index contributed by atoms with van der Waals surface area (Å²) in [5, 5.41) is 0. The van der Waals surface area contributed by atoms with Crippen molar-refractivity contribution in [3.8, 4) is 0 Å². The first-order valence-corrected chi connectivity index (χ1v) is 5.12. The fourth-order valence-electron chi connectivity index (χ4n) is 1.45. The Kier molecular flexibility index (Phi) is 10.0. The van der Waals surface area contributed by atoms with Gasteiger partial charge in [-0.3, -0.25) is 0 Å². The van der Waals surface area contributed by atoms with Gasteiger partial charge in [0, 0.05) is 32.7 Å². The maximum absolute atomic E-state index is 7.00. The molecule has 1 radical (unpaired) electrons.